The summed E-state index contributed by atoms with van der Waals surface area (Å²) < 4.78 is 0. The molecule has 1 rings (SSSR count). The zero-order chi connectivity index (χ0) is 11.8. The summed E-state index contributed by atoms with van der Waals surface area (Å²) in [4.78, 5) is 14.0. The van der Waals surface area contributed by atoms with Crippen LogP contribution in [0.15, 0.2) is 0 Å². The molecule has 0 aromatic rings. The van der Waals surface area contributed by atoms with E-state index >= 15 is 0 Å². The van der Waals surface area contributed by atoms with Crippen LogP contribution in [0.25, 0.3) is 0 Å². The molecule has 0 spiro atoms. The Labute approximate surface area is 107 Å². The minimum Gasteiger partial charge on any atom is -0.352 e. The van der Waals surface area contributed by atoms with Gasteiger partial charge in [0.25, 0.3) is 0 Å². The van der Waals surface area contributed by atoms with Crippen molar-refractivity contribution in [1.29, 1.82) is 0 Å². The van der Waals surface area contributed by atoms with E-state index in [9.17, 15) is 4.79 Å². The number of likely N-dealkylation sites (tertiary alicyclic amines) is 1. The monoisotopic (exact) mass is 290 g/mol. The molecule has 1 heterocycles. The summed E-state index contributed by atoms with van der Waals surface area (Å²) in [6, 6.07) is 0.380. The maximum Gasteiger partial charge on any atom is 0.220 e. The van der Waals surface area contributed by atoms with Crippen molar-refractivity contribution in [2.45, 2.75) is 45.1 Å². The highest BCUT2D eigenvalue weighted by molar-refractivity contribution is 9.09. The predicted octanol–water partition coefficient (Wildman–Crippen LogP) is 2.15. The van der Waals surface area contributed by atoms with Crippen molar-refractivity contribution in [3.05, 3.63) is 0 Å². The molecule has 0 saturated carbocycles. The minimum absolute atomic E-state index is 0.226. The number of piperidine rings is 1. The van der Waals surface area contributed by atoms with Crippen LogP contribution in [0.1, 0.15) is 39.0 Å². The number of carbonyl (C=O) groups is 1. The highest BCUT2D eigenvalue weighted by Crippen LogP contribution is 2.10. The van der Waals surface area contributed by atoms with Crippen molar-refractivity contribution in [2.75, 3.05) is 25.0 Å². The number of carbonyl (C=O) groups excluding carboxylic acids is 1. The zero-order valence-corrected chi connectivity index (χ0v) is 11.8. The summed E-state index contributed by atoms with van der Waals surface area (Å²) in [6.45, 7) is 5.49. The minimum atomic E-state index is 0.226. The lowest BCUT2D eigenvalue weighted by Crippen LogP contribution is -2.47. The van der Waals surface area contributed by atoms with Gasteiger partial charge in [0, 0.05) is 24.3 Å². The number of hydrogen-bond donors (Lipinski definition) is 1. The van der Waals surface area contributed by atoms with Crippen LogP contribution in [-0.2, 0) is 4.79 Å². The molecule has 4 heteroatoms. The van der Waals surface area contributed by atoms with Gasteiger partial charge in [0.2, 0.25) is 5.91 Å². The normalized spacial score (nSPS) is 22.0. The zero-order valence-electron chi connectivity index (χ0n) is 10.2. The van der Waals surface area contributed by atoms with Crippen LogP contribution in [0.4, 0.5) is 0 Å². The molecule has 1 atom stereocenters. The molecule has 94 valence electrons. The molecule has 1 aliphatic rings. The summed E-state index contributed by atoms with van der Waals surface area (Å²) in [5, 5.41) is 4.14. The molecule has 0 bridgehead atoms. The molecule has 3 nitrogen and oxygen atoms in total. The average Bonchev–Trinajstić information content (AvgIpc) is 2.29. The lowest BCUT2D eigenvalue weighted by Gasteiger charge is -2.32. The molecular formula is C12H23BrN2O. The molecule has 1 saturated heterocycles. The Morgan fingerprint density at radius 2 is 2.31 bits per heavy atom. The number of nitrogens with one attached hydrogen (secondary N) is 1. The number of rotatable bonds is 6. The third kappa shape index (κ3) is 5.30. The Morgan fingerprint density at radius 3 is 3.00 bits per heavy atom. The van der Waals surface area contributed by atoms with Crippen LogP contribution in [0.5, 0.6) is 0 Å². The second kappa shape index (κ2) is 8.07. The van der Waals surface area contributed by atoms with E-state index in [1.54, 1.807) is 0 Å². The molecule has 0 aliphatic carbocycles. The first-order valence-corrected chi connectivity index (χ1v) is 7.46. The Morgan fingerprint density at radius 1 is 1.50 bits per heavy atom. The number of alkyl halides is 1. The predicted molar refractivity (Wildman–Crippen MR) is 70.9 cm³/mol. The van der Waals surface area contributed by atoms with Crippen molar-refractivity contribution >= 4 is 21.8 Å². The van der Waals surface area contributed by atoms with Gasteiger partial charge in [0.1, 0.15) is 0 Å². The number of halogens is 1. The van der Waals surface area contributed by atoms with Crippen LogP contribution in [0.2, 0.25) is 0 Å². The second-order valence-corrected chi connectivity index (χ2v) is 5.24. The van der Waals surface area contributed by atoms with Crippen molar-refractivity contribution in [3.8, 4) is 0 Å². The number of hydrogen-bond acceptors (Lipinski definition) is 2. The van der Waals surface area contributed by atoms with E-state index < -0.39 is 0 Å². The topological polar surface area (TPSA) is 32.3 Å². The van der Waals surface area contributed by atoms with E-state index in [1.165, 1.54) is 13.0 Å². The van der Waals surface area contributed by atoms with E-state index in [0.717, 1.165) is 37.7 Å². The number of likely N-dealkylation sites (N-methyl/N-ethyl adjacent to an activating group) is 1. The summed E-state index contributed by atoms with van der Waals surface area (Å²) in [6.07, 6.45) is 5.09. The summed E-state index contributed by atoms with van der Waals surface area (Å²) in [5.41, 5.74) is 0. The fourth-order valence-corrected chi connectivity index (χ4v) is 2.54. The van der Waals surface area contributed by atoms with Gasteiger partial charge in [-0.05, 0) is 38.8 Å². The summed E-state index contributed by atoms with van der Waals surface area (Å²) >= 11 is 3.38. The van der Waals surface area contributed by atoms with Gasteiger partial charge in [-0.3, -0.25) is 4.79 Å². The van der Waals surface area contributed by atoms with E-state index in [-0.39, 0.29) is 5.91 Å². The van der Waals surface area contributed by atoms with Gasteiger partial charge in [-0.25, -0.2) is 0 Å². The van der Waals surface area contributed by atoms with Gasteiger partial charge in [0.15, 0.2) is 0 Å². The third-order valence-corrected chi connectivity index (χ3v) is 3.67. The van der Waals surface area contributed by atoms with E-state index in [1.807, 2.05) is 0 Å². The quantitative estimate of drug-likeness (QED) is 0.601. The first kappa shape index (κ1) is 14.0. The lowest BCUT2D eigenvalue weighted by atomic mass is 10.1. The maximum atomic E-state index is 11.6. The van der Waals surface area contributed by atoms with Crippen molar-refractivity contribution in [2.24, 2.45) is 0 Å². The average molecular weight is 291 g/mol. The first-order valence-electron chi connectivity index (χ1n) is 6.34. The number of amides is 1. The van der Waals surface area contributed by atoms with Crippen molar-refractivity contribution < 1.29 is 4.79 Å². The Kier molecular flexibility index (Phi) is 7.05. The SMILES string of the molecule is CCN1CCCC(NC(=O)CCCCBr)C1. The summed E-state index contributed by atoms with van der Waals surface area (Å²) in [5.74, 6) is 0.226. The lowest BCUT2D eigenvalue weighted by molar-refractivity contribution is -0.122. The molecular weight excluding hydrogens is 268 g/mol. The number of nitrogens with zero attached hydrogens (tertiary/aromatic N) is 1. The molecule has 1 N–H and O–H groups in total. The van der Waals surface area contributed by atoms with Gasteiger partial charge in [-0.2, -0.15) is 0 Å². The number of unbranched alkanes of at least 4 members (excludes halogenated alkanes) is 1. The third-order valence-electron chi connectivity index (χ3n) is 3.11. The van der Waals surface area contributed by atoms with Gasteiger partial charge in [0.05, 0.1) is 0 Å². The van der Waals surface area contributed by atoms with Crippen LogP contribution in [-0.4, -0.2) is 41.8 Å². The van der Waals surface area contributed by atoms with Crippen LogP contribution in [0.3, 0.4) is 0 Å². The second-order valence-electron chi connectivity index (χ2n) is 4.45. The summed E-state index contributed by atoms with van der Waals surface area (Å²) in [7, 11) is 0. The molecule has 0 radical (unpaired) electrons. The van der Waals surface area contributed by atoms with Gasteiger partial charge < -0.3 is 10.2 Å². The van der Waals surface area contributed by atoms with E-state index in [2.05, 4.69) is 33.1 Å². The first-order chi connectivity index (χ1) is 7.76. The van der Waals surface area contributed by atoms with Crippen molar-refractivity contribution in [3.63, 3.8) is 0 Å². The van der Waals surface area contributed by atoms with Crippen molar-refractivity contribution in [1.82, 2.24) is 10.2 Å². The Bertz CT molecular complexity index is 211. The van der Waals surface area contributed by atoms with E-state index in [0.29, 0.717) is 12.5 Å². The van der Waals surface area contributed by atoms with Gasteiger partial charge >= 0.3 is 0 Å². The molecule has 1 unspecified atom stereocenters. The Balaban J connectivity index is 2.17. The fourth-order valence-electron chi connectivity index (χ4n) is 2.14. The van der Waals surface area contributed by atoms with Crippen LogP contribution in [0, 0.1) is 0 Å². The van der Waals surface area contributed by atoms with Crippen LogP contribution >= 0.6 is 15.9 Å². The van der Waals surface area contributed by atoms with E-state index in [4.69, 9.17) is 0 Å². The molecule has 0 aromatic heterocycles. The molecule has 16 heavy (non-hydrogen) atoms. The molecule has 1 fully saturated rings. The maximum absolute atomic E-state index is 11.6. The van der Waals surface area contributed by atoms with Crippen LogP contribution < -0.4 is 5.32 Å². The van der Waals surface area contributed by atoms with Gasteiger partial charge in [-0.15, -0.1) is 0 Å². The molecule has 1 aliphatic heterocycles. The highest BCUT2D eigenvalue weighted by Gasteiger charge is 2.19. The largest absolute Gasteiger partial charge is 0.352 e. The Hall–Kier alpha value is -0.0900. The highest BCUT2D eigenvalue weighted by atomic mass is 79.9. The molecule has 1 amide bonds. The smallest absolute Gasteiger partial charge is 0.220 e. The van der Waals surface area contributed by atoms with Gasteiger partial charge in [-0.1, -0.05) is 22.9 Å². The fraction of sp³-hybridized carbons (Fsp3) is 0.917. The standard InChI is InChI=1S/C12H23BrN2O/c1-2-15-9-5-6-11(10-15)14-12(16)7-3-4-8-13/h11H,2-10H2,1H3,(H,14,16). The molecule has 0 aromatic carbocycles.